The van der Waals surface area contributed by atoms with Crippen LogP contribution in [-0.4, -0.2) is 49.8 Å². The number of nitrogens with zero attached hydrogens (tertiary/aromatic N) is 2. The van der Waals surface area contributed by atoms with Gasteiger partial charge in [-0.3, -0.25) is 4.90 Å². The van der Waals surface area contributed by atoms with Crippen molar-refractivity contribution in [2.24, 2.45) is 0 Å². The Labute approximate surface area is 126 Å². The molecule has 1 aromatic rings. The minimum absolute atomic E-state index is 0.000768. The fraction of sp³-hybridized carbons (Fsp3) is 0.600. The minimum Gasteiger partial charge on any atom is -0.398 e. The van der Waals surface area contributed by atoms with Crippen LogP contribution in [0.1, 0.15) is 24.8 Å². The van der Waals surface area contributed by atoms with Crippen molar-refractivity contribution in [2.75, 3.05) is 25.9 Å². The molecule has 116 valence electrons. The van der Waals surface area contributed by atoms with E-state index in [-0.39, 0.29) is 5.75 Å². The van der Waals surface area contributed by atoms with Gasteiger partial charge in [0, 0.05) is 30.9 Å². The molecule has 0 aliphatic carbocycles. The van der Waals surface area contributed by atoms with E-state index in [0.29, 0.717) is 36.4 Å². The summed E-state index contributed by atoms with van der Waals surface area (Å²) in [6.07, 6.45) is 3.22. The lowest BCUT2D eigenvalue weighted by molar-refractivity contribution is 0.246. The zero-order chi connectivity index (χ0) is 15.0. The van der Waals surface area contributed by atoms with Gasteiger partial charge in [0.25, 0.3) is 0 Å². The van der Waals surface area contributed by atoms with E-state index >= 15 is 0 Å². The number of sulfonamides is 1. The fourth-order valence-electron chi connectivity index (χ4n) is 3.48. The van der Waals surface area contributed by atoms with Gasteiger partial charge < -0.3 is 5.73 Å². The molecular weight excluding hydrogens is 286 g/mol. The molecule has 5 nitrogen and oxygen atoms in total. The Hall–Kier alpha value is -1.11. The average Bonchev–Trinajstić information content (AvgIpc) is 2.65. The van der Waals surface area contributed by atoms with Gasteiger partial charge in [0.05, 0.1) is 5.75 Å². The van der Waals surface area contributed by atoms with E-state index in [2.05, 4.69) is 11.9 Å². The van der Waals surface area contributed by atoms with E-state index < -0.39 is 10.0 Å². The Kier molecular flexibility index (Phi) is 3.94. The standard InChI is InChI=1S/C15H23N3O2S/c1-17-13-6-7-14(17)10-18(9-8-13)21(19,20)11-12-4-2-3-5-15(12)16/h2-5,13-14H,6-11,16H2,1H3. The summed E-state index contributed by atoms with van der Waals surface area (Å²) in [6, 6.07) is 8.11. The first-order chi connectivity index (χ1) is 9.97. The van der Waals surface area contributed by atoms with Gasteiger partial charge >= 0.3 is 0 Å². The number of nitrogens with two attached hydrogens (primary N) is 1. The number of rotatable bonds is 3. The van der Waals surface area contributed by atoms with E-state index in [1.807, 2.05) is 12.1 Å². The third-order valence-corrected chi connectivity index (χ3v) is 6.69. The molecular formula is C15H23N3O2S. The first-order valence-corrected chi connectivity index (χ1v) is 9.11. The molecule has 3 rings (SSSR count). The van der Waals surface area contributed by atoms with E-state index in [1.54, 1.807) is 16.4 Å². The van der Waals surface area contributed by atoms with Crippen LogP contribution in [0.25, 0.3) is 0 Å². The monoisotopic (exact) mass is 309 g/mol. The number of likely N-dealkylation sites (N-methyl/N-ethyl adjacent to an activating group) is 1. The molecule has 1 aromatic carbocycles. The van der Waals surface area contributed by atoms with Gasteiger partial charge in [-0.15, -0.1) is 0 Å². The second-order valence-corrected chi connectivity index (χ2v) is 8.12. The number of hydrogen-bond acceptors (Lipinski definition) is 4. The SMILES string of the molecule is CN1C2CCC1CN(S(=O)(=O)Cc1ccccc1N)CC2. The highest BCUT2D eigenvalue weighted by Gasteiger charge is 2.38. The Morgan fingerprint density at radius 3 is 2.67 bits per heavy atom. The quantitative estimate of drug-likeness (QED) is 0.854. The lowest BCUT2D eigenvalue weighted by atomic mass is 10.1. The zero-order valence-electron chi connectivity index (χ0n) is 12.4. The Bertz CT molecular complexity index is 617. The van der Waals surface area contributed by atoms with Crippen molar-refractivity contribution in [3.8, 4) is 0 Å². The summed E-state index contributed by atoms with van der Waals surface area (Å²) in [6.45, 7) is 1.24. The lowest BCUT2D eigenvalue weighted by Gasteiger charge is -2.25. The van der Waals surface area contributed by atoms with E-state index in [4.69, 9.17) is 5.73 Å². The first-order valence-electron chi connectivity index (χ1n) is 7.50. The summed E-state index contributed by atoms with van der Waals surface area (Å²) in [7, 11) is -1.18. The van der Waals surface area contributed by atoms with Crippen molar-refractivity contribution in [3.63, 3.8) is 0 Å². The summed E-state index contributed by atoms with van der Waals surface area (Å²) in [5.41, 5.74) is 7.12. The van der Waals surface area contributed by atoms with Crippen molar-refractivity contribution in [1.29, 1.82) is 0 Å². The number of anilines is 1. The molecule has 2 unspecified atom stereocenters. The van der Waals surface area contributed by atoms with Crippen LogP contribution in [0.4, 0.5) is 5.69 Å². The molecule has 0 saturated carbocycles. The number of hydrogen-bond donors (Lipinski definition) is 1. The van der Waals surface area contributed by atoms with Gasteiger partial charge in [0.2, 0.25) is 10.0 Å². The molecule has 2 aliphatic heterocycles. The van der Waals surface area contributed by atoms with Crippen molar-refractivity contribution < 1.29 is 8.42 Å². The molecule has 0 radical (unpaired) electrons. The fourth-order valence-corrected chi connectivity index (χ4v) is 5.10. The van der Waals surface area contributed by atoms with Crippen LogP contribution >= 0.6 is 0 Å². The number of fused-ring (bicyclic) bond motifs is 2. The Morgan fingerprint density at radius 2 is 1.90 bits per heavy atom. The molecule has 2 fully saturated rings. The van der Waals surface area contributed by atoms with Crippen molar-refractivity contribution in [3.05, 3.63) is 29.8 Å². The molecule has 2 saturated heterocycles. The van der Waals surface area contributed by atoms with Gasteiger partial charge in [-0.05, 0) is 37.9 Å². The van der Waals surface area contributed by atoms with Crippen molar-refractivity contribution in [1.82, 2.24) is 9.21 Å². The van der Waals surface area contributed by atoms with Gasteiger partial charge in [-0.1, -0.05) is 18.2 Å². The van der Waals surface area contributed by atoms with Crippen LogP contribution in [0.3, 0.4) is 0 Å². The van der Waals surface area contributed by atoms with Crippen LogP contribution in [0.5, 0.6) is 0 Å². The maximum atomic E-state index is 12.7. The summed E-state index contributed by atoms with van der Waals surface area (Å²) in [4.78, 5) is 2.35. The van der Waals surface area contributed by atoms with Crippen LogP contribution in [-0.2, 0) is 15.8 Å². The highest BCUT2D eigenvalue weighted by Crippen LogP contribution is 2.30. The molecule has 21 heavy (non-hydrogen) atoms. The van der Waals surface area contributed by atoms with Crippen LogP contribution in [0.2, 0.25) is 0 Å². The number of benzene rings is 1. The van der Waals surface area contributed by atoms with Gasteiger partial charge in [-0.25, -0.2) is 12.7 Å². The second-order valence-electron chi connectivity index (χ2n) is 6.15. The maximum Gasteiger partial charge on any atom is 0.218 e. The highest BCUT2D eigenvalue weighted by molar-refractivity contribution is 7.88. The van der Waals surface area contributed by atoms with Crippen molar-refractivity contribution >= 4 is 15.7 Å². The first kappa shape index (κ1) is 14.8. The molecule has 2 heterocycles. The topological polar surface area (TPSA) is 66.6 Å². The minimum atomic E-state index is -3.30. The molecule has 6 heteroatoms. The summed E-state index contributed by atoms with van der Waals surface area (Å²) in [5, 5.41) is 0. The van der Waals surface area contributed by atoms with Gasteiger partial charge in [0.15, 0.2) is 0 Å². The lowest BCUT2D eigenvalue weighted by Crippen LogP contribution is -2.40. The molecule has 2 bridgehead atoms. The largest absolute Gasteiger partial charge is 0.398 e. The van der Waals surface area contributed by atoms with E-state index in [9.17, 15) is 8.42 Å². The Morgan fingerprint density at radius 1 is 1.19 bits per heavy atom. The summed E-state index contributed by atoms with van der Waals surface area (Å²) >= 11 is 0. The predicted molar refractivity (Wildman–Crippen MR) is 84.2 cm³/mol. The second kappa shape index (κ2) is 5.59. The predicted octanol–water partition coefficient (Wildman–Crippen LogP) is 1.27. The van der Waals surface area contributed by atoms with E-state index in [1.165, 1.54) is 6.42 Å². The van der Waals surface area contributed by atoms with Crippen LogP contribution in [0.15, 0.2) is 24.3 Å². The number of para-hydroxylation sites is 1. The Balaban J connectivity index is 1.78. The third kappa shape index (κ3) is 2.93. The van der Waals surface area contributed by atoms with Crippen LogP contribution in [0, 0.1) is 0 Å². The third-order valence-electron chi connectivity index (χ3n) is 4.90. The molecule has 0 aromatic heterocycles. The average molecular weight is 309 g/mol. The molecule has 0 amide bonds. The van der Waals surface area contributed by atoms with Gasteiger partial charge in [0.1, 0.15) is 0 Å². The molecule has 2 N–H and O–H groups in total. The zero-order valence-corrected chi connectivity index (χ0v) is 13.2. The normalized spacial score (nSPS) is 27.7. The smallest absolute Gasteiger partial charge is 0.218 e. The maximum absolute atomic E-state index is 12.7. The van der Waals surface area contributed by atoms with Gasteiger partial charge in [-0.2, -0.15) is 0 Å². The summed E-state index contributed by atoms with van der Waals surface area (Å²) < 4.78 is 27.1. The van der Waals surface area contributed by atoms with E-state index in [0.717, 1.165) is 12.8 Å². The van der Waals surface area contributed by atoms with Crippen LogP contribution < -0.4 is 5.73 Å². The summed E-state index contributed by atoms with van der Waals surface area (Å²) in [5.74, 6) is 0.000768. The van der Waals surface area contributed by atoms with Crippen molar-refractivity contribution in [2.45, 2.75) is 37.1 Å². The molecule has 0 spiro atoms. The number of nitrogen functional groups attached to an aromatic ring is 1. The molecule has 2 atom stereocenters. The highest BCUT2D eigenvalue weighted by atomic mass is 32.2. The molecule has 2 aliphatic rings.